The maximum atomic E-state index is 4.56. The highest BCUT2D eigenvalue weighted by molar-refractivity contribution is 5.81. The lowest BCUT2D eigenvalue weighted by molar-refractivity contribution is 0.834. The minimum atomic E-state index is 0.897. The SMILES string of the molecule is Cc1cc(C)n(-c2ccccc2N=Cc2ccc[nH]2)n1. The van der Waals surface area contributed by atoms with Crippen LogP contribution in [-0.4, -0.2) is 21.0 Å². The van der Waals surface area contributed by atoms with Crippen molar-refractivity contribution in [3.63, 3.8) is 0 Å². The van der Waals surface area contributed by atoms with Crippen LogP contribution in [0.4, 0.5) is 5.69 Å². The monoisotopic (exact) mass is 264 g/mol. The van der Waals surface area contributed by atoms with Crippen LogP contribution in [-0.2, 0) is 0 Å². The number of aryl methyl sites for hydroxylation is 2. The van der Waals surface area contributed by atoms with Gasteiger partial charge in [-0.3, -0.25) is 4.99 Å². The zero-order valence-electron chi connectivity index (χ0n) is 11.5. The highest BCUT2D eigenvalue weighted by Crippen LogP contribution is 2.24. The van der Waals surface area contributed by atoms with Crippen LogP contribution in [0.5, 0.6) is 0 Å². The first kappa shape index (κ1) is 12.4. The Labute approximate surface area is 117 Å². The molecule has 0 unspecified atom stereocenters. The third kappa shape index (κ3) is 2.40. The van der Waals surface area contributed by atoms with Gasteiger partial charge < -0.3 is 4.98 Å². The van der Waals surface area contributed by atoms with E-state index in [1.807, 2.05) is 67.3 Å². The summed E-state index contributed by atoms with van der Waals surface area (Å²) in [6, 6.07) is 14.0. The van der Waals surface area contributed by atoms with Gasteiger partial charge in [0.15, 0.2) is 0 Å². The van der Waals surface area contributed by atoms with Gasteiger partial charge in [-0.15, -0.1) is 0 Å². The summed E-state index contributed by atoms with van der Waals surface area (Å²) in [5.41, 5.74) is 4.97. The number of nitrogens with zero attached hydrogens (tertiary/aromatic N) is 3. The van der Waals surface area contributed by atoms with E-state index in [0.29, 0.717) is 0 Å². The minimum Gasteiger partial charge on any atom is -0.360 e. The fraction of sp³-hybridized carbons (Fsp3) is 0.125. The van der Waals surface area contributed by atoms with Crippen LogP contribution >= 0.6 is 0 Å². The van der Waals surface area contributed by atoms with Crippen LogP contribution < -0.4 is 0 Å². The second-order valence-electron chi connectivity index (χ2n) is 4.71. The molecule has 0 saturated carbocycles. The lowest BCUT2D eigenvalue weighted by Crippen LogP contribution is -1.99. The van der Waals surface area contributed by atoms with E-state index < -0.39 is 0 Å². The summed E-state index contributed by atoms with van der Waals surface area (Å²) < 4.78 is 1.93. The summed E-state index contributed by atoms with van der Waals surface area (Å²) in [6.07, 6.45) is 3.71. The lowest BCUT2D eigenvalue weighted by Gasteiger charge is -2.07. The van der Waals surface area contributed by atoms with E-state index in [0.717, 1.165) is 28.5 Å². The van der Waals surface area contributed by atoms with Gasteiger partial charge in [-0.2, -0.15) is 5.10 Å². The maximum Gasteiger partial charge on any atom is 0.0905 e. The van der Waals surface area contributed by atoms with Crippen molar-refractivity contribution >= 4 is 11.9 Å². The summed E-state index contributed by atoms with van der Waals surface area (Å²) in [5.74, 6) is 0. The summed E-state index contributed by atoms with van der Waals surface area (Å²) >= 11 is 0. The molecule has 0 radical (unpaired) electrons. The Morgan fingerprint density at radius 2 is 2.00 bits per heavy atom. The zero-order chi connectivity index (χ0) is 13.9. The Balaban J connectivity index is 2.02. The molecule has 0 spiro atoms. The summed E-state index contributed by atoms with van der Waals surface area (Å²) in [5, 5.41) is 4.52. The molecule has 0 aliphatic rings. The van der Waals surface area contributed by atoms with Gasteiger partial charge in [0.2, 0.25) is 0 Å². The third-order valence-corrected chi connectivity index (χ3v) is 3.08. The predicted octanol–water partition coefficient (Wildman–Crippen LogP) is 3.57. The van der Waals surface area contributed by atoms with E-state index in [1.54, 1.807) is 0 Å². The first-order valence-electron chi connectivity index (χ1n) is 6.54. The smallest absolute Gasteiger partial charge is 0.0905 e. The molecule has 0 atom stereocenters. The number of aromatic amines is 1. The highest BCUT2D eigenvalue weighted by atomic mass is 15.3. The topological polar surface area (TPSA) is 46.0 Å². The zero-order valence-corrected chi connectivity index (χ0v) is 11.5. The molecular weight excluding hydrogens is 248 g/mol. The molecule has 4 heteroatoms. The molecule has 0 bridgehead atoms. The summed E-state index contributed by atoms with van der Waals surface area (Å²) in [6.45, 7) is 4.04. The number of para-hydroxylation sites is 2. The average molecular weight is 264 g/mol. The van der Waals surface area contributed by atoms with Crippen molar-refractivity contribution in [3.8, 4) is 5.69 Å². The van der Waals surface area contributed by atoms with Crippen molar-refractivity contribution in [2.24, 2.45) is 4.99 Å². The van der Waals surface area contributed by atoms with Crippen molar-refractivity contribution in [3.05, 3.63) is 65.7 Å². The van der Waals surface area contributed by atoms with E-state index in [9.17, 15) is 0 Å². The molecule has 20 heavy (non-hydrogen) atoms. The molecule has 100 valence electrons. The molecule has 2 heterocycles. The van der Waals surface area contributed by atoms with Gasteiger partial charge in [0, 0.05) is 11.9 Å². The highest BCUT2D eigenvalue weighted by Gasteiger charge is 2.07. The van der Waals surface area contributed by atoms with Crippen molar-refractivity contribution in [2.75, 3.05) is 0 Å². The van der Waals surface area contributed by atoms with Crippen LogP contribution in [0.25, 0.3) is 5.69 Å². The Morgan fingerprint density at radius 1 is 1.15 bits per heavy atom. The van der Waals surface area contributed by atoms with Crippen LogP contribution in [0.2, 0.25) is 0 Å². The predicted molar refractivity (Wildman–Crippen MR) is 81.1 cm³/mol. The van der Waals surface area contributed by atoms with Gasteiger partial charge in [0.1, 0.15) is 0 Å². The van der Waals surface area contributed by atoms with Crippen LogP contribution in [0.3, 0.4) is 0 Å². The van der Waals surface area contributed by atoms with Gasteiger partial charge in [-0.1, -0.05) is 12.1 Å². The van der Waals surface area contributed by atoms with Crippen molar-refractivity contribution in [1.82, 2.24) is 14.8 Å². The quantitative estimate of drug-likeness (QED) is 0.722. The van der Waals surface area contributed by atoms with Crippen LogP contribution in [0, 0.1) is 13.8 Å². The number of H-pyrrole nitrogens is 1. The van der Waals surface area contributed by atoms with Gasteiger partial charge in [0.25, 0.3) is 0 Å². The first-order valence-corrected chi connectivity index (χ1v) is 6.54. The van der Waals surface area contributed by atoms with E-state index in [1.165, 1.54) is 0 Å². The molecule has 0 aliphatic carbocycles. The van der Waals surface area contributed by atoms with Gasteiger partial charge in [0.05, 0.1) is 29.0 Å². The summed E-state index contributed by atoms with van der Waals surface area (Å²) in [7, 11) is 0. The van der Waals surface area contributed by atoms with Gasteiger partial charge >= 0.3 is 0 Å². The fourth-order valence-electron chi connectivity index (χ4n) is 2.19. The standard InChI is InChI=1S/C16H16N4/c1-12-10-13(2)20(19-12)16-8-4-3-7-15(16)18-11-14-6-5-9-17-14/h3-11,17H,1-2H3. The second kappa shape index (κ2) is 5.17. The normalized spacial score (nSPS) is 11.3. The molecule has 0 amide bonds. The molecule has 0 fully saturated rings. The average Bonchev–Trinajstić information content (AvgIpc) is 3.06. The van der Waals surface area contributed by atoms with E-state index >= 15 is 0 Å². The Hall–Kier alpha value is -2.62. The number of nitrogens with one attached hydrogen (secondary N) is 1. The first-order chi connectivity index (χ1) is 9.74. The molecule has 1 aromatic carbocycles. The molecule has 4 nitrogen and oxygen atoms in total. The molecule has 3 rings (SSSR count). The van der Waals surface area contributed by atoms with Crippen molar-refractivity contribution < 1.29 is 0 Å². The van der Waals surface area contributed by atoms with Crippen LogP contribution in [0.1, 0.15) is 17.1 Å². The number of hydrogen-bond acceptors (Lipinski definition) is 2. The summed E-state index contributed by atoms with van der Waals surface area (Å²) in [4.78, 5) is 7.67. The maximum absolute atomic E-state index is 4.56. The van der Waals surface area contributed by atoms with Crippen molar-refractivity contribution in [2.45, 2.75) is 13.8 Å². The molecule has 0 aliphatic heterocycles. The second-order valence-corrected chi connectivity index (χ2v) is 4.71. The fourth-order valence-corrected chi connectivity index (χ4v) is 2.19. The van der Waals surface area contributed by atoms with Gasteiger partial charge in [-0.25, -0.2) is 4.68 Å². The number of rotatable bonds is 3. The lowest BCUT2D eigenvalue weighted by atomic mass is 10.2. The van der Waals surface area contributed by atoms with Gasteiger partial charge in [-0.05, 0) is 44.2 Å². The number of aliphatic imine (C=N–C) groups is 1. The largest absolute Gasteiger partial charge is 0.360 e. The van der Waals surface area contributed by atoms with E-state index in [-0.39, 0.29) is 0 Å². The van der Waals surface area contributed by atoms with Crippen molar-refractivity contribution in [1.29, 1.82) is 0 Å². The molecule has 1 N–H and O–H groups in total. The van der Waals surface area contributed by atoms with E-state index in [2.05, 4.69) is 21.1 Å². The number of aromatic nitrogens is 3. The molecule has 0 saturated heterocycles. The molecular formula is C16H16N4. The Kier molecular flexibility index (Phi) is 3.21. The third-order valence-electron chi connectivity index (χ3n) is 3.08. The number of hydrogen-bond donors (Lipinski definition) is 1. The Morgan fingerprint density at radius 3 is 2.70 bits per heavy atom. The molecule has 3 aromatic rings. The number of benzene rings is 1. The minimum absolute atomic E-state index is 0.897. The van der Waals surface area contributed by atoms with E-state index in [4.69, 9.17) is 0 Å². The molecule has 2 aromatic heterocycles. The van der Waals surface area contributed by atoms with Crippen LogP contribution in [0.15, 0.2) is 53.7 Å². The Bertz CT molecular complexity index is 736.